The molecular weight excluding hydrogens is 520 g/mol. The number of nitrogens with zero attached hydrogens (tertiary/aromatic N) is 2. The zero-order valence-corrected chi connectivity index (χ0v) is 24.1. The molecule has 38 heavy (non-hydrogen) atoms. The van der Waals surface area contributed by atoms with Crippen LogP contribution in [0.4, 0.5) is 0 Å². The van der Waals surface area contributed by atoms with Crippen LogP contribution in [0.5, 0.6) is 0 Å². The lowest BCUT2D eigenvalue weighted by Crippen LogP contribution is -2.34. The molecule has 0 aliphatic rings. The van der Waals surface area contributed by atoms with Gasteiger partial charge in [0.2, 0.25) is 0 Å². The summed E-state index contributed by atoms with van der Waals surface area (Å²) in [5.74, 6) is 1.37. The first-order valence-electron chi connectivity index (χ1n) is 12.7. The summed E-state index contributed by atoms with van der Waals surface area (Å²) in [6.07, 6.45) is 0.509. The van der Waals surface area contributed by atoms with Gasteiger partial charge in [-0.3, -0.25) is 9.59 Å². The normalized spacial score (nSPS) is 12.2. The lowest BCUT2D eigenvalue weighted by molar-refractivity contribution is -0.115. The Hall–Kier alpha value is -2.98. The minimum atomic E-state index is -0.395. The molecule has 2 aromatic rings. The van der Waals surface area contributed by atoms with Crippen LogP contribution in [0.1, 0.15) is 61.8 Å². The van der Waals surface area contributed by atoms with Crippen LogP contribution in [0.25, 0.3) is 0 Å². The molecule has 0 atom stereocenters. The van der Waals surface area contributed by atoms with Crippen LogP contribution in [-0.4, -0.2) is 58.2 Å². The van der Waals surface area contributed by atoms with Gasteiger partial charge >= 0.3 is 0 Å². The second-order valence-electron chi connectivity index (χ2n) is 9.40. The molecule has 0 aromatic heterocycles. The number of benzene rings is 2. The number of oxime groups is 2. The Morgan fingerprint density at radius 3 is 1.32 bits per heavy atom. The number of hydrogen-bond acceptors (Lipinski definition) is 8. The first-order valence-corrected chi connectivity index (χ1v) is 15.1. The SMILES string of the molecule is CC(C)c1ccc(C/C(=N\O)C(=O)NCCSSCCNC(=O)/C(Cc2ccc(C(C)C)cc2)=N/O)cc1. The van der Waals surface area contributed by atoms with Crippen molar-refractivity contribution < 1.29 is 20.0 Å². The number of carbonyl (C=O) groups excluding carboxylic acids is 2. The number of amides is 2. The molecule has 0 aliphatic heterocycles. The lowest BCUT2D eigenvalue weighted by Gasteiger charge is -2.09. The highest BCUT2D eigenvalue weighted by Crippen LogP contribution is 2.19. The van der Waals surface area contributed by atoms with Crippen molar-refractivity contribution in [3.63, 3.8) is 0 Å². The molecular formula is C28H38N4O4S2. The van der Waals surface area contributed by atoms with Gasteiger partial charge in [-0.2, -0.15) is 0 Å². The van der Waals surface area contributed by atoms with E-state index in [0.717, 1.165) is 11.1 Å². The molecule has 0 saturated carbocycles. The summed E-state index contributed by atoms with van der Waals surface area (Å²) in [6, 6.07) is 15.9. The zero-order chi connectivity index (χ0) is 27.9. The summed E-state index contributed by atoms with van der Waals surface area (Å²) in [6.45, 7) is 9.31. The molecule has 0 heterocycles. The molecule has 0 spiro atoms. The molecule has 2 rings (SSSR count). The maximum atomic E-state index is 12.3. The quantitative estimate of drug-likeness (QED) is 0.0803. The molecule has 10 heteroatoms. The maximum Gasteiger partial charge on any atom is 0.269 e. The molecule has 0 aliphatic carbocycles. The minimum absolute atomic E-state index is 0.0693. The fraction of sp³-hybridized carbons (Fsp3) is 0.429. The average Bonchev–Trinajstić information content (AvgIpc) is 2.91. The average molecular weight is 559 g/mol. The molecule has 0 fully saturated rings. The van der Waals surface area contributed by atoms with E-state index in [9.17, 15) is 20.0 Å². The fourth-order valence-electron chi connectivity index (χ4n) is 3.48. The first-order chi connectivity index (χ1) is 18.2. The molecule has 0 saturated heterocycles. The Kier molecular flexibility index (Phi) is 13.8. The number of hydrogen-bond donors (Lipinski definition) is 4. The standard InChI is InChI=1S/C28H38N4O4S2/c1-19(2)23-9-5-21(6-10-23)17-25(31-35)27(33)29-13-15-37-38-16-14-30-28(34)26(32-36)18-22-7-11-24(12-8-22)20(3)4/h5-12,19-20,35-36H,13-18H2,1-4H3,(H,29,33)(H,30,34)/b31-25+,32-26+. The highest BCUT2D eigenvalue weighted by molar-refractivity contribution is 8.76. The Morgan fingerprint density at radius 1 is 0.684 bits per heavy atom. The van der Waals surface area contributed by atoms with Crippen molar-refractivity contribution in [2.75, 3.05) is 24.6 Å². The fourth-order valence-corrected chi connectivity index (χ4v) is 5.30. The van der Waals surface area contributed by atoms with Gasteiger partial charge in [0.25, 0.3) is 11.8 Å². The third-order valence-electron chi connectivity index (χ3n) is 5.83. The second-order valence-corrected chi connectivity index (χ2v) is 12.1. The number of rotatable bonds is 15. The van der Waals surface area contributed by atoms with Crippen LogP contribution in [0.3, 0.4) is 0 Å². The van der Waals surface area contributed by atoms with E-state index in [1.807, 2.05) is 48.5 Å². The van der Waals surface area contributed by atoms with E-state index in [0.29, 0.717) is 36.4 Å². The van der Waals surface area contributed by atoms with Gasteiger partial charge in [-0.25, -0.2) is 0 Å². The predicted molar refractivity (Wildman–Crippen MR) is 158 cm³/mol. The topological polar surface area (TPSA) is 123 Å². The monoisotopic (exact) mass is 558 g/mol. The lowest BCUT2D eigenvalue weighted by atomic mass is 10.00. The molecule has 0 bridgehead atoms. The van der Waals surface area contributed by atoms with E-state index >= 15 is 0 Å². The van der Waals surface area contributed by atoms with Gasteiger partial charge in [0.05, 0.1) is 0 Å². The third-order valence-corrected chi connectivity index (χ3v) is 8.24. The minimum Gasteiger partial charge on any atom is -0.410 e. The van der Waals surface area contributed by atoms with Crippen molar-refractivity contribution in [3.05, 3.63) is 70.8 Å². The summed E-state index contributed by atoms with van der Waals surface area (Å²) in [4.78, 5) is 24.7. The Labute approximate surface area is 233 Å². The summed E-state index contributed by atoms with van der Waals surface area (Å²) in [7, 11) is 3.13. The van der Waals surface area contributed by atoms with E-state index < -0.39 is 11.8 Å². The van der Waals surface area contributed by atoms with E-state index in [4.69, 9.17) is 0 Å². The summed E-state index contributed by atoms with van der Waals surface area (Å²) >= 11 is 0. The van der Waals surface area contributed by atoms with Crippen LogP contribution in [-0.2, 0) is 22.4 Å². The predicted octanol–water partition coefficient (Wildman–Crippen LogP) is 4.99. The summed E-state index contributed by atoms with van der Waals surface area (Å²) in [5, 5.41) is 30.5. The second kappa shape index (κ2) is 16.8. The van der Waals surface area contributed by atoms with Gasteiger partial charge in [0.15, 0.2) is 0 Å². The maximum absolute atomic E-state index is 12.3. The van der Waals surface area contributed by atoms with Crippen molar-refractivity contribution in [1.29, 1.82) is 0 Å². The largest absolute Gasteiger partial charge is 0.410 e. The van der Waals surface area contributed by atoms with Crippen molar-refractivity contribution >= 4 is 44.8 Å². The van der Waals surface area contributed by atoms with Crippen molar-refractivity contribution in [2.24, 2.45) is 10.3 Å². The van der Waals surface area contributed by atoms with Crippen LogP contribution < -0.4 is 10.6 Å². The Balaban J connectivity index is 1.61. The van der Waals surface area contributed by atoms with Gasteiger partial charge in [-0.15, -0.1) is 0 Å². The smallest absolute Gasteiger partial charge is 0.269 e. The molecule has 0 unspecified atom stereocenters. The highest BCUT2D eigenvalue weighted by Gasteiger charge is 2.14. The number of nitrogens with one attached hydrogen (secondary N) is 2. The van der Waals surface area contributed by atoms with Crippen LogP contribution in [0.2, 0.25) is 0 Å². The van der Waals surface area contributed by atoms with E-state index in [2.05, 4.69) is 48.6 Å². The van der Waals surface area contributed by atoms with Crippen LogP contribution in [0, 0.1) is 0 Å². The summed E-state index contributed by atoms with van der Waals surface area (Å²) < 4.78 is 0. The zero-order valence-electron chi connectivity index (χ0n) is 22.4. The van der Waals surface area contributed by atoms with E-state index in [1.165, 1.54) is 11.1 Å². The molecule has 2 aromatic carbocycles. The van der Waals surface area contributed by atoms with Gasteiger partial charge in [-0.05, 0) is 34.1 Å². The molecule has 4 N–H and O–H groups in total. The van der Waals surface area contributed by atoms with Crippen molar-refractivity contribution in [2.45, 2.75) is 52.4 Å². The van der Waals surface area contributed by atoms with E-state index in [1.54, 1.807) is 21.6 Å². The van der Waals surface area contributed by atoms with E-state index in [-0.39, 0.29) is 24.3 Å². The van der Waals surface area contributed by atoms with Crippen LogP contribution >= 0.6 is 21.6 Å². The van der Waals surface area contributed by atoms with Gasteiger partial charge in [0, 0.05) is 37.4 Å². The van der Waals surface area contributed by atoms with Crippen LogP contribution in [0.15, 0.2) is 58.8 Å². The third kappa shape index (κ3) is 10.8. The number of carbonyl (C=O) groups is 2. The van der Waals surface area contributed by atoms with Crippen molar-refractivity contribution in [3.8, 4) is 0 Å². The Morgan fingerprint density at radius 2 is 1.03 bits per heavy atom. The first kappa shape index (κ1) is 31.2. The van der Waals surface area contributed by atoms with Gasteiger partial charge in [-0.1, -0.05) is 108 Å². The molecule has 206 valence electrons. The summed E-state index contributed by atoms with van der Waals surface area (Å²) in [5.41, 5.74) is 4.37. The molecule has 0 radical (unpaired) electrons. The van der Waals surface area contributed by atoms with Gasteiger partial charge in [0.1, 0.15) is 11.4 Å². The highest BCUT2D eigenvalue weighted by atomic mass is 33.1. The van der Waals surface area contributed by atoms with Crippen molar-refractivity contribution in [1.82, 2.24) is 10.6 Å². The van der Waals surface area contributed by atoms with Gasteiger partial charge < -0.3 is 21.0 Å². The Bertz CT molecular complexity index is 998. The molecule has 2 amide bonds. The molecule has 8 nitrogen and oxygen atoms in total.